The molecular formula is C13H7F3N6S2. The van der Waals surface area contributed by atoms with E-state index >= 15 is 0 Å². The fourth-order valence-corrected chi connectivity index (χ4v) is 3.76. The van der Waals surface area contributed by atoms with Gasteiger partial charge in [-0.1, -0.05) is 28.0 Å². The number of hydrogen-bond acceptors (Lipinski definition) is 7. The second-order valence-electron chi connectivity index (χ2n) is 4.89. The van der Waals surface area contributed by atoms with Gasteiger partial charge in [0.1, 0.15) is 4.88 Å². The molecule has 0 saturated carbocycles. The van der Waals surface area contributed by atoms with Crippen LogP contribution >= 0.6 is 22.9 Å². The van der Waals surface area contributed by atoms with Gasteiger partial charge in [-0.3, -0.25) is 0 Å². The number of benzene rings is 1. The van der Waals surface area contributed by atoms with Crippen LogP contribution in [0.1, 0.15) is 11.3 Å². The topological polar surface area (TPSA) is 68.9 Å². The molecule has 24 heavy (non-hydrogen) atoms. The maximum Gasteiger partial charge on any atom is 0.416 e. The Balaban J connectivity index is 1.84. The molecule has 0 bridgehead atoms. The fraction of sp³-hybridized carbons (Fsp3) is 0.154. The maximum atomic E-state index is 12.9. The Kier molecular flexibility index (Phi) is 3.35. The summed E-state index contributed by atoms with van der Waals surface area (Å²) in [6.07, 6.45) is -4.42. The Morgan fingerprint density at radius 2 is 1.96 bits per heavy atom. The summed E-state index contributed by atoms with van der Waals surface area (Å²) in [5.74, 6) is 0.258. The molecule has 0 N–H and O–H groups in total. The monoisotopic (exact) mass is 368 g/mol. The van der Waals surface area contributed by atoms with Crippen molar-refractivity contribution in [3.05, 3.63) is 35.5 Å². The molecule has 4 rings (SSSR count). The standard InChI is InChI=1S/C13H7F3N6S2/c1-6-9(24-21-17-6)11-20-22-10(18-19-12(22)23-11)7-3-2-4-8(5-7)13(14,15)16/h2-5H,1H3. The summed E-state index contributed by atoms with van der Waals surface area (Å²) in [5, 5.41) is 16.9. The van der Waals surface area contributed by atoms with Crippen LogP contribution in [0.15, 0.2) is 24.3 Å². The number of alkyl halides is 3. The molecule has 3 heterocycles. The molecule has 0 unspecified atom stereocenters. The highest BCUT2D eigenvalue weighted by molar-refractivity contribution is 7.23. The SMILES string of the molecule is Cc1nnsc1-c1nn2c(-c3cccc(C(F)(F)F)c3)nnc2s1. The number of fused-ring (bicyclic) bond motifs is 1. The van der Waals surface area contributed by atoms with Crippen LogP contribution in [0.5, 0.6) is 0 Å². The number of nitrogens with zero attached hydrogens (tertiary/aromatic N) is 6. The number of aryl methyl sites for hydroxylation is 1. The lowest BCUT2D eigenvalue weighted by Gasteiger charge is -2.07. The lowest BCUT2D eigenvalue weighted by atomic mass is 10.1. The minimum atomic E-state index is -4.42. The molecular weight excluding hydrogens is 361 g/mol. The second-order valence-corrected chi connectivity index (χ2v) is 6.60. The Hall–Kier alpha value is -2.40. The first-order chi connectivity index (χ1) is 11.4. The van der Waals surface area contributed by atoms with Crippen LogP contribution in [-0.4, -0.2) is 29.4 Å². The lowest BCUT2D eigenvalue weighted by molar-refractivity contribution is -0.137. The molecule has 6 nitrogen and oxygen atoms in total. The number of aromatic nitrogens is 6. The quantitative estimate of drug-likeness (QED) is 0.540. The van der Waals surface area contributed by atoms with E-state index in [0.717, 1.165) is 22.7 Å². The number of halogens is 3. The highest BCUT2D eigenvalue weighted by Gasteiger charge is 2.31. The predicted molar refractivity (Wildman–Crippen MR) is 82.7 cm³/mol. The van der Waals surface area contributed by atoms with E-state index in [1.165, 1.54) is 33.5 Å². The molecule has 0 aliphatic heterocycles. The van der Waals surface area contributed by atoms with Gasteiger partial charge in [-0.25, -0.2) is 0 Å². The first-order valence-electron chi connectivity index (χ1n) is 6.62. The first-order valence-corrected chi connectivity index (χ1v) is 8.21. The highest BCUT2D eigenvalue weighted by Crippen LogP contribution is 2.34. The zero-order valence-electron chi connectivity index (χ0n) is 11.9. The molecule has 3 aromatic heterocycles. The molecule has 0 aliphatic carbocycles. The fourth-order valence-electron chi connectivity index (χ4n) is 2.15. The highest BCUT2D eigenvalue weighted by atomic mass is 32.1. The van der Waals surface area contributed by atoms with Crippen molar-refractivity contribution in [1.82, 2.24) is 29.4 Å². The summed E-state index contributed by atoms with van der Waals surface area (Å²) in [5.41, 5.74) is 0.300. The van der Waals surface area contributed by atoms with Gasteiger partial charge in [-0.2, -0.15) is 22.8 Å². The summed E-state index contributed by atoms with van der Waals surface area (Å²) in [6, 6.07) is 4.93. The Labute approximate surface area is 140 Å². The molecule has 0 atom stereocenters. The van der Waals surface area contributed by atoms with Gasteiger partial charge in [0, 0.05) is 5.56 Å². The minimum Gasteiger partial charge on any atom is -0.182 e. The molecule has 0 radical (unpaired) electrons. The van der Waals surface area contributed by atoms with Gasteiger partial charge < -0.3 is 0 Å². The minimum absolute atomic E-state index is 0.258. The number of hydrogen-bond donors (Lipinski definition) is 0. The van der Waals surface area contributed by atoms with Crippen molar-refractivity contribution in [2.24, 2.45) is 0 Å². The van der Waals surface area contributed by atoms with E-state index in [1.807, 2.05) is 6.92 Å². The van der Waals surface area contributed by atoms with Gasteiger partial charge in [0.2, 0.25) is 4.96 Å². The van der Waals surface area contributed by atoms with E-state index in [2.05, 4.69) is 24.9 Å². The summed E-state index contributed by atoms with van der Waals surface area (Å²) >= 11 is 2.49. The molecule has 0 saturated heterocycles. The molecule has 0 aliphatic rings. The van der Waals surface area contributed by atoms with E-state index in [0.29, 0.717) is 15.5 Å². The van der Waals surface area contributed by atoms with Gasteiger partial charge in [0.15, 0.2) is 10.8 Å². The third-order valence-electron chi connectivity index (χ3n) is 3.28. The van der Waals surface area contributed by atoms with Gasteiger partial charge in [-0.15, -0.1) is 15.3 Å². The van der Waals surface area contributed by atoms with E-state index in [9.17, 15) is 13.2 Å². The Morgan fingerprint density at radius 3 is 2.67 bits per heavy atom. The summed E-state index contributed by atoms with van der Waals surface area (Å²) in [7, 11) is 0. The van der Waals surface area contributed by atoms with Crippen LogP contribution in [0.3, 0.4) is 0 Å². The molecule has 0 amide bonds. The third-order valence-corrected chi connectivity index (χ3v) is 5.16. The Morgan fingerprint density at radius 1 is 1.12 bits per heavy atom. The molecule has 0 fully saturated rings. The summed E-state index contributed by atoms with van der Waals surface area (Å²) in [6.45, 7) is 1.81. The average Bonchev–Trinajstić information content (AvgIpc) is 3.21. The van der Waals surface area contributed by atoms with Gasteiger partial charge in [0.05, 0.1) is 11.3 Å². The molecule has 0 spiro atoms. The van der Waals surface area contributed by atoms with Gasteiger partial charge >= 0.3 is 6.18 Å². The summed E-state index contributed by atoms with van der Waals surface area (Å²) in [4.78, 5) is 1.30. The van der Waals surface area contributed by atoms with Crippen LogP contribution in [0.2, 0.25) is 0 Å². The van der Waals surface area contributed by atoms with Crippen molar-refractivity contribution in [3.8, 4) is 21.3 Å². The van der Waals surface area contributed by atoms with Crippen molar-refractivity contribution < 1.29 is 13.2 Å². The zero-order valence-corrected chi connectivity index (χ0v) is 13.6. The van der Waals surface area contributed by atoms with Crippen molar-refractivity contribution in [1.29, 1.82) is 0 Å². The van der Waals surface area contributed by atoms with E-state index in [-0.39, 0.29) is 5.82 Å². The van der Waals surface area contributed by atoms with E-state index in [1.54, 1.807) is 6.07 Å². The average molecular weight is 368 g/mol. The van der Waals surface area contributed by atoms with Crippen molar-refractivity contribution >= 4 is 27.8 Å². The summed E-state index contributed by atoms with van der Waals surface area (Å²) < 4.78 is 44.0. The number of rotatable bonds is 2. The predicted octanol–water partition coefficient (Wildman–Crippen LogP) is 3.70. The normalized spacial score (nSPS) is 12.2. The van der Waals surface area contributed by atoms with Crippen LogP contribution in [0.25, 0.3) is 26.2 Å². The second kappa shape index (κ2) is 5.31. The van der Waals surface area contributed by atoms with E-state index in [4.69, 9.17) is 0 Å². The van der Waals surface area contributed by atoms with Gasteiger partial charge in [-0.05, 0) is 30.6 Å². The van der Waals surface area contributed by atoms with Crippen molar-refractivity contribution in [3.63, 3.8) is 0 Å². The lowest BCUT2D eigenvalue weighted by Crippen LogP contribution is -2.05. The molecule has 4 aromatic rings. The largest absolute Gasteiger partial charge is 0.416 e. The Bertz CT molecular complexity index is 1030. The van der Waals surface area contributed by atoms with Crippen molar-refractivity contribution in [2.45, 2.75) is 13.1 Å². The first kappa shape index (κ1) is 15.1. The third kappa shape index (κ3) is 2.45. The van der Waals surface area contributed by atoms with Crippen LogP contribution in [0.4, 0.5) is 13.2 Å². The van der Waals surface area contributed by atoms with Crippen molar-refractivity contribution in [2.75, 3.05) is 0 Å². The molecule has 11 heteroatoms. The zero-order chi connectivity index (χ0) is 16.9. The smallest absolute Gasteiger partial charge is 0.182 e. The van der Waals surface area contributed by atoms with Gasteiger partial charge in [0.25, 0.3) is 0 Å². The molecule has 122 valence electrons. The maximum absolute atomic E-state index is 12.9. The van der Waals surface area contributed by atoms with Crippen LogP contribution in [-0.2, 0) is 6.18 Å². The van der Waals surface area contributed by atoms with E-state index < -0.39 is 11.7 Å². The van der Waals surface area contributed by atoms with Crippen LogP contribution in [0, 0.1) is 6.92 Å². The van der Waals surface area contributed by atoms with Crippen LogP contribution < -0.4 is 0 Å². The molecule has 1 aromatic carbocycles.